The first-order valence-corrected chi connectivity index (χ1v) is 7.34. The van der Waals surface area contributed by atoms with Crippen LogP contribution in [0, 0.1) is 6.92 Å². The number of rotatable bonds is 3. The molecule has 2 aliphatic heterocycles. The lowest BCUT2D eigenvalue weighted by Crippen LogP contribution is -2.53. The van der Waals surface area contributed by atoms with Crippen molar-refractivity contribution in [2.45, 2.75) is 32.4 Å². The Morgan fingerprint density at radius 1 is 1.43 bits per heavy atom. The van der Waals surface area contributed by atoms with E-state index in [1.807, 2.05) is 17.9 Å². The van der Waals surface area contributed by atoms with Crippen LogP contribution in [-0.2, 0) is 16.1 Å². The molecule has 3 rings (SSSR count). The predicted molar refractivity (Wildman–Crippen MR) is 74.3 cm³/mol. The molecule has 114 valence electrons. The Bertz CT molecular complexity index is 534. The van der Waals surface area contributed by atoms with Crippen LogP contribution in [0.1, 0.15) is 24.3 Å². The quantitative estimate of drug-likeness (QED) is 0.842. The van der Waals surface area contributed by atoms with Gasteiger partial charge in [-0.15, -0.1) is 0 Å². The lowest BCUT2D eigenvalue weighted by Gasteiger charge is -2.35. The molecule has 3 heterocycles. The van der Waals surface area contributed by atoms with E-state index in [0.29, 0.717) is 25.9 Å². The van der Waals surface area contributed by atoms with Gasteiger partial charge >= 0.3 is 0 Å². The zero-order chi connectivity index (χ0) is 14.8. The fourth-order valence-electron chi connectivity index (χ4n) is 2.86. The summed E-state index contributed by atoms with van der Waals surface area (Å²) < 4.78 is 5.21. The molecule has 0 saturated carbocycles. The summed E-state index contributed by atoms with van der Waals surface area (Å²) in [4.78, 5) is 27.6. The Balaban J connectivity index is 1.48. The first-order valence-electron chi connectivity index (χ1n) is 7.34. The van der Waals surface area contributed by atoms with Crippen LogP contribution >= 0.6 is 0 Å². The number of nitrogens with one attached hydrogen (secondary N) is 1. The zero-order valence-corrected chi connectivity index (χ0v) is 12.2. The van der Waals surface area contributed by atoms with Gasteiger partial charge in [-0.2, -0.15) is 0 Å². The summed E-state index contributed by atoms with van der Waals surface area (Å²) >= 11 is 0. The molecule has 2 fully saturated rings. The molecule has 0 radical (unpaired) electrons. The number of carbonyl (C=O) groups is 2. The second-order valence-corrected chi connectivity index (χ2v) is 5.69. The van der Waals surface area contributed by atoms with Crippen LogP contribution in [0.4, 0.5) is 0 Å². The van der Waals surface area contributed by atoms with Gasteiger partial charge in [0.1, 0.15) is 6.04 Å². The number of carbonyl (C=O) groups excluding carboxylic acids is 2. The van der Waals surface area contributed by atoms with Gasteiger partial charge < -0.3 is 14.7 Å². The molecule has 0 aliphatic carbocycles. The number of aryl methyl sites for hydroxylation is 1. The van der Waals surface area contributed by atoms with Crippen molar-refractivity contribution in [3.05, 3.63) is 17.5 Å². The van der Waals surface area contributed by atoms with E-state index >= 15 is 0 Å². The third-order valence-corrected chi connectivity index (χ3v) is 4.03. The number of piperazine rings is 1. The van der Waals surface area contributed by atoms with Crippen LogP contribution in [0.2, 0.25) is 0 Å². The second-order valence-electron chi connectivity index (χ2n) is 5.69. The fourth-order valence-corrected chi connectivity index (χ4v) is 2.86. The maximum Gasteiger partial charge on any atom is 0.245 e. The Morgan fingerprint density at radius 3 is 2.76 bits per heavy atom. The predicted octanol–water partition coefficient (Wildman–Crippen LogP) is -0.0942. The number of nitrogens with zero attached hydrogens (tertiary/aromatic N) is 3. The summed E-state index contributed by atoms with van der Waals surface area (Å²) in [6.45, 7) is 5.64. The highest BCUT2D eigenvalue weighted by molar-refractivity contribution is 5.90. The van der Waals surface area contributed by atoms with Gasteiger partial charge in [-0.05, 0) is 13.3 Å². The molecule has 2 amide bonds. The third kappa shape index (κ3) is 3.24. The summed E-state index contributed by atoms with van der Waals surface area (Å²) in [5.41, 5.74) is 0.885. The van der Waals surface area contributed by atoms with Gasteiger partial charge in [0, 0.05) is 38.7 Å². The van der Waals surface area contributed by atoms with Crippen LogP contribution < -0.4 is 5.32 Å². The summed E-state index contributed by atoms with van der Waals surface area (Å²) in [6, 6.07) is 1.62. The average Bonchev–Trinajstić information content (AvgIpc) is 3.08. The van der Waals surface area contributed by atoms with Crippen molar-refractivity contribution in [3.63, 3.8) is 0 Å². The van der Waals surface area contributed by atoms with Crippen molar-refractivity contribution in [3.8, 4) is 0 Å². The second kappa shape index (κ2) is 5.85. The summed E-state index contributed by atoms with van der Waals surface area (Å²) in [7, 11) is 0. The first-order chi connectivity index (χ1) is 10.1. The minimum Gasteiger partial charge on any atom is -0.360 e. The summed E-state index contributed by atoms with van der Waals surface area (Å²) in [6.07, 6.45) is 1.08. The highest BCUT2D eigenvalue weighted by Gasteiger charge is 2.32. The Hall–Kier alpha value is -1.89. The van der Waals surface area contributed by atoms with Crippen molar-refractivity contribution < 1.29 is 14.1 Å². The maximum absolute atomic E-state index is 12.3. The van der Waals surface area contributed by atoms with Crippen molar-refractivity contribution in [1.82, 2.24) is 20.3 Å². The van der Waals surface area contributed by atoms with Crippen LogP contribution in [0.25, 0.3) is 0 Å². The largest absolute Gasteiger partial charge is 0.360 e. The fraction of sp³-hybridized carbons (Fsp3) is 0.643. The highest BCUT2D eigenvalue weighted by Crippen LogP contribution is 2.13. The van der Waals surface area contributed by atoms with Crippen molar-refractivity contribution in [2.24, 2.45) is 0 Å². The minimum absolute atomic E-state index is 0.0207. The molecule has 1 N–H and O–H groups in total. The van der Waals surface area contributed by atoms with Crippen LogP contribution in [0.15, 0.2) is 10.6 Å². The Morgan fingerprint density at radius 2 is 2.19 bits per heavy atom. The Kier molecular flexibility index (Phi) is 3.92. The molecule has 2 aliphatic rings. The first kappa shape index (κ1) is 14.1. The van der Waals surface area contributed by atoms with Crippen LogP contribution in [-0.4, -0.2) is 59.0 Å². The topological polar surface area (TPSA) is 78.7 Å². The van der Waals surface area contributed by atoms with Gasteiger partial charge in [0.2, 0.25) is 11.8 Å². The van der Waals surface area contributed by atoms with E-state index in [4.69, 9.17) is 4.52 Å². The molecule has 1 unspecified atom stereocenters. The number of hydrogen-bond donors (Lipinski definition) is 1. The Labute approximate surface area is 123 Å². The van der Waals surface area contributed by atoms with E-state index < -0.39 is 0 Å². The molecule has 2 saturated heterocycles. The summed E-state index contributed by atoms with van der Waals surface area (Å²) in [5.74, 6) is 0.888. The van der Waals surface area contributed by atoms with Crippen molar-refractivity contribution in [1.29, 1.82) is 0 Å². The maximum atomic E-state index is 12.3. The number of aromatic nitrogens is 1. The van der Waals surface area contributed by atoms with E-state index in [0.717, 1.165) is 31.1 Å². The molecule has 1 aromatic rings. The minimum atomic E-state index is -0.319. The third-order valence-electron chi connectivity index (χ3n) is 4.03. The van der Waals surface area contributed by atoms with Gasteiger partial charge in [-0.1, -0.05) is 5.16 Å². The molecule has 7 nitrogen and oxygen atoms in total. The van der Waals surface area contributed by atoms with Crippen molar-refractivity contribution in [2.75, 3.05) is 26.2 Å². The average molecular weight is 292 g/mol. The van der Waals surface area contributed by atoms with E-state index in [-0.39, 0.29) is 17.9 Å². The van der Waals surface area contributed by atoms with E-state index in [1.165, 1.54) is 0 Å². The van der Waals surface area contributed by atoms with Gasteiger partial charge in [-0.3, -0.25) is 14.5 Å². The van der Waals surface area contributed by atoms with E-state index in [1.54, 1.807) is 0 Å². The molecular weight excluding hydrogens is 272 g/mol. The van der Waals surface area contributed by atoms with Crippen molar-refractivity contribution >= 4 is 11.8 Å². The standard InChI is InChI=1S/C14H20N4O3/c1-10-8-11(21-16-10)9-17-4-6-18(7-5-17)14(20)12-2-3-13(19)15-12/h8,12H,2-7,9H2,1H3,(H,15,19). The molecule has 0 spiro atoms. The molecule has 7 heteroatoms. The van der Waals surface area contributed by atoms with Gasteiger partial charge in [-0.25, -0.2) is 0 Å². The van der Waals surface area contributed by atoms with Gasteiger partial charge in [0.05, 0.1) is 12.2 Å². The van der Waals surface area contributed by atoms with E-state index in [9.17, 15) is 9.59 Å². The SMILES string of the molecule is Cc1cc(CN2CCN(C(=O)C3CCC(=O)N3)CC2)on1. The normalized spacial score (nSPS) is 23.4. The lowest BCUT2D eigenvalue weighted by atomic mass is 10.2. The monoisotopic (exact) mass is 292 g/mol. The zero-order valence-electron chi connectivity index (χ0n) is 12.2. The van der Waals surface area contributed by atoms with Crippen LogP contribution in [0.5, 0.6) is 0 Å². The number of hydrogen-bond acceptors (Lipinski definition) is 5. The molecule has 1 atom stereocenters. The molecule has 0 bridgehead atoms. The summed E-state index contributed by atoms with van der Waals surface area (Å²) in [5, 5.41) is 6.62. The molecule has 0 aromatic carbocycles. The molecular formula is C14H20N4O3. The molecule has 1 aromatic heterocycles. The smallest absolute Gasteiger partial charge is 0.245 e. The van der Waals surface area contributed by atoms with Gasteiger partial charge in [0.25, 0.3) is 0 Å². The molecule has 21 heavy (non-hydrogen) atoms. The lowest BCUT2D eigenvalue weighted by molar-refractivity contribution is -0.136. The number of amides is 2. The van der Waals surface area contributed by atoms with E-state index in [2.05, 4.69) is 15.4 Å². The van der Waals surface area contributed by atoms with Gasteiger partial charge in [0.15, 0.2) is 5.76 Å². The highest BCUT2D eigenvalue weighted by atomic mass is 16.5. The van der Waals surface area contributed by atoms with Crippen LogP contribution in [0.3, 0.4) is 0 Å².